The quantitative estimate of drug-likeness (QED) is 0.376. The van der Waals surface area contributed by atoms with Crippen molar-refractivity contribution in [1.29, 1.82) is 0 Å². The molecule has 3 unspecified atom stereocenters. The summed E-state index contributed by atoms with van der Waals surface area (Å²) in [6.45, 7) is 1.37. The minimum absolute atomic E-state index is 0.0650. The topological polar surface area (TPSA) is 26.3 Å². The summed E-state index contributed by atoms with van der Waals surface area (Å²) in [5.41, 5.74) is -2.48. The maximum absolute atomic E-state index is 13.3. The molecule has 0 amide bonds. The lowest BCUT2D eigenvalue weighted by atomic mass is 9.88. The Morgan fingerprint density at radius 2 is 1.48 bits per heavy atom. The molecule has 0 radical (unpaired) electrons. The largest absolute Gasteiger partial charge is 0.416 e. The molecule has 0 aromatic heterocycles. The molecule has 0 N–H and O–H groups in total. The zero-order valence-corrected chi connectivity index (χ0v) is 16.3. The molecule has 168 valence electrons. The van der Waals surface area contributed by atoms with Crippen LogP contribution >= 0.6 is 0 Å². The van der Waals surface area contributed by atoms with Crippen LogP contribution in [0.1, 0.15) is 54.0 Å². The Morgan fingerprint density at radius 1 is 0.935 bits per heavy atom. The van der Waals surface area contributed by atoms with Gasteiger partial charge in [0.05, 0.1) is 23.3 Å². The van der Waals surface area contributed by atoms with Crippen molar-refractivity contribution in [3.8, 4) is 0 Å². The van der Waals surface area contributed by atoms with Gasteiger partial charge in [-0.1, -0.05) is 12.1 Å². The lowest BCUT2D eigenvalue weighted by Crippen LogP contribution is -2.23. The molecule has 0 saturated heterocycles. The van der Waals surface area contributed by atoms with Crippen molar-refractivity contribution in [2.75, 3.05) is 0 Å². The van der Waals surface area contributed by atoms with Gasteiger partial charge in [-0.2, -0.15) is 26.3 Å². The molecule has 1 fully saturated rings. The molecule has 1 saturated carbocycles. The predicted molar refractivity (Wildman–Crippen MR) is 97.7 cm³/mol. The van der Waals surface area contributed by atoms with Gasteiger partial charge in [-0.15, -0.1) is 0 Å². The fourth-order valence-electron chi connectivity index (χ4n) is 4.00. The van der Waals surface area contributed by atoms with Gasteiger partial charge in [-0.05, 0) is 61.2 Å². The van der Waals surface area contributed by atoms with E-state index in [0.29, 0.717) is 30.5 Å². The SMILES string of the molecule is C[C@H](OC1CCC(C=O)C1c1ccc(F)cc1)c1cc(C(F)(F)F)cc(C(F)(F)F)c1. The monoisotopic (exact) mass is 448 g/mol. The van der Waals surface area contributed by atoms with Gasteiger partial charge >= 0.3 is 12.4 Å². The zero-order chi connectivity index (χ0) is 23.0. The first-order chi connectivity index (χ1) is 14.4. The maximum Gasteiger partial charge on any atom is 0.416 e. The third-order valence-electron chi connectivity index (χ3n) is 5.53. The smallest absolute Gasteiger partial charge is 0.370 e. The first kappa shape index (κ1) is 23.2. The molecule has 2 aromatic rings. The minimum atomic E-state index is -4.96. The van der Waals surface area contributed by atoms with E-state index >= 15 is 0 Å². The first-order valence-corrected chi connectivity index (χ1v) is 9.55. The molecular weight excluding hydrogens is 429 g/mol. The van der Waals surface area contributed by atoms with Crippen LogP contribution in [0.15, 0.2) is 42.5 Å². The third-order valence-corrected chi connectivity index (χ3v) is 5.53. The van der Waals surface area contributed by atoms with Crippen LogP contribution in [0.2, 0.25) is 0 Å². The van der Waals surface area contributed by atoms with E-state index in [-0.39, 0.29) is 11.6 Å². The summed E-state index contributed by atoms with van der Waals surface area (Å²) < 4.78 is 98.0. The summed E-state index contributed by atoms with van der Waals surface area (Å²) in [5.74, 6) is -1.40. The van der Waals surface area contributed by atoms with Gasteiger partial charge in [0.15, 0.2) is 0 Å². The fraction of sp³-hybridized carbons (Fsp3) is 0.409. The van der Waals surface area contributed by atoms with Crippen LogP contribution < -0.4 is 0 Å². The molecule has 0 bridgehead atoms. The van der Waals surface area contributed by atoms with Crippen LogP contribution in [0.25, 0.3) is 0 Å². The number of hydrogen-bond donors (Lipinski definition) is 0. The van der Waals surface area contributed by atoms with Crippen LogP contribution in [0.3, 0.4) is 0 Å². The van der Waals surface area contributed by atoms with Gasteiger partial charge in [0.2, 0.25) is 0 Å². The highest BCUT2D eigenvalue weighted by Gasteiger charge is 2.40. The van der Waals surface area contributed by atoms with Crippen molar-refractivity contribution in [1.82, 2.24) is 0 Å². The van der Waals surface area contributed by atoms with Gasteiger partial charge in [-0.25, -0.2) is 4.39 Å². The van der Waals surface area contributed by atoms with Gasteiger partial charge in [-0.3, -0.25) is 0 Å². The highest BCUT2D eigenvalue weighted by atomic mass is 19.4. The average molecular weight is 448 g/mol. The summed E-state index contributed by atoms with van der Waals surface area (Å²) in [7, 11) is 0. The van der Waals surface area contributed by atoms with Crippen molar-refractivity contribution in [3.05, 3.63) is 70.5 Å². The molecule has 0 aliphatic heterocycles. The number of benzene rings is 2. The Kier molecular flexibility index (Phi) is 6.45. The fourth-order valence-corrected chi connectivity index (χ4v) is 4.00. The Bertz CT molecular complexity index is 887. The van der Waals surface area contributed by atoms with Crippen LogP contribution in [0.4, 0.5) is 30.7 Å². The average Bonchev–Trinajstić information content (AvgIpc) is 3.09. The molecule has 2 nitrogen and oxygen atoms in total. The lowest BCUT2D eigenvalue weighted by molar-refractivity contribution is -0.143. The number of halogens is 7. The third kappa shape index (κ3) is 5.26. The standard InChI is InChI=1S/C22H19F7O2/c1-12(15-8-16(21(24,25)26)10-17(9-15)22(27,28)29)31-19-7-4-14(11-30)20(19)13-2-5-18(23)6-3-13/h2-3,5-6,8-12,14,19-20H,4,7H2,1H3/t12-,14?,19?,20?/m0/s1. The number of ether oxygens (including phenoxy) is 1. The number of aldehydes is 1. The molecule has 2 aromatic carbocycles. The van der Waals surface area contributed by atoms with Crippen molar-refractivity contribution >= 4 is 6.29 Å². The molecular formula is C22H19F7O2. The van der Waals surface area contributed by atoms with E-state index in [0.717, 1.165) is 6.29 Å². The predicted octanol–water partition coefficient (Wildman–Crippen LogP) is 6.70. The molecule has 0 heterocycles. The van der Waals surface area contributed by atoms with Crippen molar-refractivity contribution in [3.63, 3.8) is 0 Å². The Hall–Kier alpha value is -2.42. The van der Waals surface area contributed by atoms with Crippen LogP contribution in [0, 0.1) is 11.7 Å². The Balaban J connectivity index is 1.91. The van der Waals surface area contributed by atoms with Crippen molar-refractivity contribution < 1.29 is 40.3 Å². The Morgan fingerprint density at radius 3 is 1.97 bits per heavy atom. The number of rotatable bonds is 5. The van der Waals surface area contributed by atoms with E-state index in [1.54, 1.807) is 0 Å². The number of carbonyl (C=O) groups is 1. The van der Waals surface area contributed by atoms with Crippen molar-refractivity contribution in [2.45, 2.75) is 50.2 Å². The second kappa shape index (κ2) is 8.61. The summed E-state index contributed by atoms with van der Waals surface area (Å²) in [5, 5.41) is 0. The summed E-state index contributed by atoms with van der Waals surface area (Å²) in [6.07, 6.45) is -10.1. The summed E-state index contributed by atoms with van der Waals surface area (Å²) in [6, 6.07) is 6.77. The van der Waals surface area contributed by atoms with Gasteiger partial charge < -0.3 is 9.53 Å². The van der Waals surface area contributed by atoms with E-state index in [1.807, 2.05) is 0 Å². The zero-order valence-electron chi connectivity index (χ0n) is 16.3. The van der Waals surface area contributed by atoms with Crippen LogP contribution in [-0.4, -0.2) is 12.4 Å². The van der Waals surface area contributed by atoms with Crippen LogP contribution in [0.5, 0.6) is 0 Å². The van der Waals surface area contributed by atoms with Crippen LogP contribution in [-0.2, 0) is 21.9 Å². The van der Waals surface area contributed by atoms with Gasteiger partial charge in [0.1, 0.15) is 12.1 Å². The molecule has 1 aliphatic rings. The molecule has 9 heteroatoms. The second-order valence-corrected chi connectivity index (χ2v) is 7.61. The number of alkyl halides is 6. The normalized spacial score (nSPS) is 23.0. The molecule has 3 rings (SSSR count). The van der Waals surface area contributed by atoms with E-state index in [1.165, 1.54) is 31.2 Å². The number of hydrogen-bond acceptors (Lipinski definition) is 2. The van der Waals surface area contributed by atoms with Gasteiger partial charge in [0.25, 0.3) is 0 Å². The van der Waals surface area contributed by atoms with E-state index < -0.39 is 53.3 Å². The summed E-state index contributed by atoms with van der Waals surface area (Å²) in [4.78, 5) is 11.5. The number of carbonyl (C=O) groups excluding carboxylic acids is 1. The Labute approximate surface area is 174 Å². The van der Waals surface area contributed by atoms with E-state index in [9.17, 15) is 35.5 Å². The van der Waals surface area contributed by atoms with Crippen molar-refractivity contribution in [2.24, 2.45) is 5.92 Å². The molecule has 0 spiro atoms. The molecule has 1 aliphatic carbocycles. The van der Waals surface area contributed by atoms with E-state index in [2.05, 4.69) is 0 Å². The molecule has 31 heavy (non-hydrogen) atoms. The maximum atomic E-state index is 13.3. The van der Waals surface area contributed by atoms with Gasteiger partial charge in [0, 0.05) is 11.8 Å². The highest BCUT2D eigenvalue weighted by molar-refractivity contribution is 5.57. The first-order valence-electron chi connectivity index (χ1n) is 9.55. The lowest BCUT2D eigenvalue weighted by Gasteiger charge is -2.27. The highest BCUT2D eigenvalue weighted by Crippen LogP contribution is 2.43. The summed E-state index contributed by atoms with van der Waals surface area (Å²) >= 11 is 0. The molecule has 4 atom stereocenters. The van der Waals surface area contributed by atoms with E-state index in [4.69, 9.17) is 4.74 Å². The minimum Gasteiger partial charge on any atom is -0.370 e. The second-order valence-electron chi connectivity index (χ2n) is 7.61.